The predicted molar refractivity (Wildman–Crippen MR) is 59.4 cm³/mol. The Kier molecular flexibility index (Phi) is 2.30. The average Bonchev–Trinajstić information content (AvgIpc) is 2.74. The normalized spacial score (nSPS) is 14.5. The Bertz CT molecular complexity index is 480. The van der Waals surface area contributed by atoms with Crippen LogP contribution < -0.4 is 5.32 Å². The van der Waals surface area contributed by atoms with Gasteiger partial charge in [0, 0.05) is 5.69 Å². The molecule has 0 aliphatic carbocycles. The second kappa shape index (κ2) is 3.94. The van der Waals surface area contributed by atoms with E-state index in [0.29, 0.717) is 13.2 Å². The van der Waals surface area contributed by atoms with E-state index in [9.17, 15) is 0 Å². The largest absolute Gasteiger partial charge is 0.372 e. The predicted octanol–water partition coefficient (Wildman–Crippen LogP) is 1.55. The number of nitrogens with zero attached hydrogens (tertiary/aromatic N) is 3. The van der Waals surface area contributed by atoms with Crippen LogP contribution >= 0.6 is 0 Å². The molecule has 0 bridgehead atoms. The van der Waals surface area contributed by atoms with Crippen molar-refractivity contribution in [3.63, 3.8) is 0 Å². The summed E-state index contributed by atoms with van der Waals surface area (Å²) in [6.07, 6.45) is 0. The molecule has 1 aliphatic heterocycles. The van der Waals surface area contributed by atoms with Crippen molar-refractivity contribution in [3.8, 4) is 0 Å². The molecule has 0 saturated carbocycles. The number of fused-ring (bicyclic) bond motifs is 1. The van der Waals surface area contributed by atoms with E-state index in [4.69, 9.17) is 4.74 Å². The fraction of sp³-hybridized carbons (Fsp3) is 0.273. The van der Waals surface area contributed by atoms with Gasteiger partial charge in [-0.15, -0.1) is 10.2 Å². The first-order valence-corrected chi connectivity index (χ1v) is 5.25. The zero-order valence-corrected chi connectivity index (χ0v) is 8.76. The second-order valence-corrected chi connectivity index (χ2v) is 3.64. The highest BCUT2D eigenvalue weighted by atomic mass is 16.5. The van der Waals surface area contributed by atoms with E-state index in [2.05, 4.69) is 20.1 Å². The minimum Gasteiger partial charge on any atom is -0.372 e. The minimum absolute atomic E-state index is 0.545. The minimum atomic E-state index is 0.545. The lowest BCUT2D eigenvalue weighted by Crippen LogP contribution is -2.18. The molecular formula is C11H12N4O. The van der Waals surface area contributed by atoms with Gasteiger partial charge in [0.15, 0.2) is 5.82 Å². The van der Waals surface area contributed by atoms with Gasteiger partial charge in [0.05, 0.1) is 13.2 Å². The summed E-state index contributed by atoms with van der Waals surface area (Å²) >= 11 is 0. The highest BCUT2D eigenvalue weighted by Gasteiger charge is 2.15. The van der Waals surface area contributed by atoms with Crippen molar-refractivity contribution < 1.29 is 4.74 Å². The van der Waals surface area contributed by atoms with Gasteiger partial charge in [0.1, 0.15) is 6.61 Å². The first-order valence-electron chi connectivity index (χ1n) is 5.25. The van der Waals surface area contributed by atoms with E-state index in [1.807, 2.05) is 30.3 Å². The van der Waals surface area contributed by atoms with Crippen LogP contribution in [0.15, 0.2) is 30.3 Å². The van der Waals surface area contributed by atoms with Crippen molar-refractivity contribution in [1.29, 1.82) is 0 Å². The monoisotopic (exact) mass is 216 g/mol. The van der Waals surface area contributed by atoms with Gasteiger partial charge < -0.3 is 10.1 Å². The number of para-hydroxylation sites is 1. The van der Waals surface area contributed by atoms with Crippen LogP contribution in [-0.4, -0.2) is 21.4 Å². The van der Waals surface area contributed by atoms with Gasteiger partial charge in [-0.3, -0.25) is 4.57 Å². The fourth-order valence-corrected chi connectivity index (χ4v) is 1.74. The summed E-state index contributed by atoms with van der Waals surface area (Å²) in [5.41, 5.74) is 1.02. The lowest BCUT2D eigenvalue weighted by atomic mass is 10.3. The maximum atomic E-state index is 5.31. The van der Waals surface area contributed by atoms with Crippen LogP contribution in [0.1, 0.15) is 5.82 Å². The summed E-state index contributed by atoms with van der Waals surface area (Å²) in [6.45, 7) is 2.06. The molecule has 2 heterocycles. The smallest absolute Gasteiger partial charge is 0.229 e. The third-order valence-electron chi connectivity index (χ3n) is 2.55. The molecule has 5 nitrogen and oxygen atoms in total. The first-order chi connectivity index (χ1) is 7.93. The number of benzene rings is 1. The number of nitrogens with one attached hydrogen (secondary N) is 1. The van der Waals surface area contributed by atoms with Crippen LogP contribution in [0.2, 0.25) is 0 Å². The molecule has 3 rings (SSSR count). The average molecular weight is 216 g/mol. The van der Waals surface area contributed by atoms with Crippen molar-refractivity contribution in [2.45, 2.75) is 13.2 Å². The quantitative estimate of drug-likeness (QED) is 0.827. The summed E-state index contributed by atoms with van der Waals surface area (Å²) in [6, 6.07) is 9.96. The third-order valence-corrected chi connectivity index (χ3v) is 2.55. The number of anilines is 2. The van der Waals surface area contributed by atoms with E-state index >= 15 is 0 Å². The van der Waals surface area contributed by atoms with Crippen LogP contribution in [0.4, 0.5) is 11.6 Å². The molecule has 1 aromatic heterocycles. The first kappa shape index (κ1) is 9.35. The number of aromatic nitrogens is 3. The number of hydrogen-bond acceptors (Lipinski definition) is 4. The third kappa shape index (κ3) is 1.65. The van der Waals surface area contributed by atoms with E-state index in [1.54, 1.807) is 0 Å². The number of hydrogen-bond donors (Lipinski definition) is 1. The van der Waals surface area contributed by atoms with E-state index in [-0.39, 0.29) is 0 Å². The Labute approximate surface area is 93.1 Å². The van der Waals surface area contributed by atoms with Gasteiger partial charge in [-0.1, -0.05) is 18.2 Å². The standard InChI is InChI=1S/C11H12N4O/c1-2-4-9(5-3-1)12-11-14-13-10-8-16-7-6-15(10)11/h1-5H,6-8H2,(H,12,14). The van der Waals surface area contributed by atoms with E-state index in [1.165, 1.54) is 0 Å². The van der Waals surface area contributed by atoms with Gasteiger partial charge >= 0.3 is 0 Å². The van der Waals surface area contributed by atoms with Crippen molar-refractivity contribution in [1.82, 2.24) is 14.8 Å². The fourth-order valence-electron chi connectivity index (χ4n) is 1.74. The van der Waals surface area contributed by atoms with Gasteiger partial charge in [-0.25, -0.2) is 0 Å². The molecule has 0 unspecified atom stereocenters. The topological polar surface area (TPSA) is 52.0 Å². The van der Waals surface area contributed by atoms with Gasteiger partial charge in [-0.2, -0.15) is 0 Å². The molecular weight excluding hydrogens is 204 g/mol. The Balaban J connectivity index is 1.88. The maximum Gasteiger partial charge on any atom is 0.229 e. The van der Waals surface area contributed by atoms with Gasteiger partial charge in [0.2, 0.25) is 5.95 Å². The number of rotatable bonds is 2. The van der Waals surface area contributed by atoms with Crippen LogP contribution in [-0.2, 0) is 17.9 Å². The van der Waals surface area contributed by atoms with Crippen molar-refractivity contribution >= 4 is 11.6 Å². The lowest BCUT2D eigenvalue weighted by Gasteiger charge is -2.15. The van der Waals surface area contributed by atoms with Crippen LogP contribution in [0, 0.1) is 0 Å². The molecule has 0 fully saturated rings. The van der Waals surface area contributed by atoms with Crippen molar-refractivity contribution in [2.75, 3.05) is 11.9 Å². The maximum absolute atomic E-state index is 5.31. The Morgan fingerprint density at radius 3 is 2.94 bits per heavy atom. The Morgan fingerprint density at radius 2 is 2.06 bits per heavy atom. The molecule has 1 aromatic carbocycles. The molecule has 0 spiro atoms. The molecule has 82 valence electrons. The summed E-state index contributed by atoms with van der Waals surface area (Å²) < 4.78 is 7.36. The van der Waals surface area contributed by atoms with Crippen molar-refractivity contribution in [2.24, 2.45) is 0 Å². The van der Waals surface area contributed by atoms with Gasteiger partial charge in [0.25, 0.3) is 0 Å². The van der Waals surface area contributed by atoms with E-state index in [0.717, 1.165) is 24.0 Å². The lowest BCUT2D eigenvalue weighted by molar-refractivity contribution is 0.0822. The zero-order valence-electron chi connectivity index (χ0n) is 8.76. The molecule has 0 atom stereocenters. The molecule has 1 N–H and O–H groups in total. The highest BCUT2D eigenvalue weighted by Crippen LogP contribution is 2.17. The molecule has 0 amide bonds. The summed E-state index contributed by atoms with van der Waals surface area (Å²) in [7, 11) is 0. The summed E-state index contributed by atoms with van der Waals surface area (Å²) in [4.78, 5) is 0. The Hall–Kier alpha value is -1.88. The summed E-state index contributed by atoms with van der Waals surface area (Å²) in [5, 5.41) is 11.4. The molecule has 0 radical (unpaired) electrons. The van der Waals surface area contributed by atoms with Crippen LogP contribution in [0.3, 0.4) is 0 Å². The van der Waals surface area contributed by atoms with Crippen LogP contribution in [0.25, 0.3) is 0 Å². The highest BCUT2D eigenvalue weighted by molar-refractivity contribution is 5.52. The molecule has 0 saturated heterocycles. The molecule has 2 aromatic rings. The molecule has 16 heavy (non-hydrogen) atoms. The second-order valence-electron chi connectivity index (χ2n) is 3.64. The van der Waals surface area contributed by atoms with Crippen molar-refractivity contribution in [3.05, 3.63) is 36.2 Å². The van der Waals surface area contributed by atoms with Crippen LogP contribution in [0.5, 0.6) is 0 Å². The molecule has 5 heteroatoms. The number of ether oxygens (including phenoxy) is 1. The SMILES string of the molecule is c1ccc(Nc2nnc3n2CCOC3)cc1. The summed E-state index contributed by atoms with van der Waals surface area (Å²) in [5.74, 6) is 1.66. The molecule has 1 aliphatic rings. The van der Waals surface area contributed by atoms with Gasteiger partial charge in [-0.05, 0) is 12.1 Å². The van der Waals surface area contributed by atoms with E-state index < -0.39 is 0 Å². The zero-order chi connectivity index (χ0) is 10.8. The Morgan fingerprint density at radius 1 is 1.19 bits per heavy atom.